The summed E-state index contributed by atoms with van der Waals surface area (Å²) in [7, 11) is 0. The van der Waals surface area contributed by atoms with E-state index in [1.807, 2.05) is 0 Å². The van der Waals surface area contributed by atoms with E-state index in [-0.39, 0.29) is 40.4 Å². The predicted octanol–water partition coefficient (Wildman–Crippen LogP) is 3.21. The van der Waals surface area contributed by atoms with Crippen molar-refractivity contribution in [1.82, 2.24) is 0 Å². The minimum Gasteiger partial charge on any atom is -0.547 e. The summed E-state index contributed by atoms with van der Waals surface area (Å²) in [6.45, 7) is 2.26. The minimum atomic E-state index is -1.34. The smallest absolute Gasteiger partial charge is 0.547 e. The Morgan fingerprint density at radius 1 is 0.783 bits per heavy atom. The first-order valence-corrected chi connectivity index (χ1v) is 9.07. The molecule has 5 heteroatoms. The zero-order valence-electron chi connectivity index (χ0n) is 15.2. The Bertz CT molecular complexity index is 240. The van der Waals surface area contributed by atoms with Gasteiger partial charge in [0.05, 0.1) is 12.1 Å². The Kier molecular flexibility index (Phi) is 28.2. The van der Waals surface area contributed by atoms with E-state index in [0.29, 0.717) is 6.42 Å². The number of rotatable bonds is 16. The molecule has 0 spiro atoms. The van der Waals surface area contributed by atoms with Crippen LogP contribution in [0.15, 0.2) is 0 Å². The van der Waals surface area contributed by atoms with Crippen LogP contribution in [0.5, 0.6) is 0 Å². The molecule has 0 aromatic carbocycles. The van der Waals surface area contributed by atoms with Crippen molar-refractivity contribution in [2.45, 2.75) is 109 Å². The first-order chi connectivity index (χ1) is 10.2. The van der Waals surface area contributed by atoms with E-state index in [1.165, 1.54) is 70.6 Å². The van der Waals surface area contributed by atoms with Gasteiger partial charge in [0.2, 0.25) is 0 Å². The van der Waals surface area contributed by atoms with Crippen LogP contribution in [-0.4, -0.2) is 57.6 Å². The molecule has 1 unspecified atom stereocenters. The molecule has 0 aliphatic heterocycles. The number of carbonyl (C=O) groups is 1. The van der Waals surface area contributed by atoms with Crippen LogP contribution in [-0.2, 0) is 4.79 Å². The second kappa shape index (κ2) is 22.7. The molecule has 0 bridgehead atoms. The van der Waals surface area contributed by atoms with Gasteiger partial charge in [-0.3, -0.25) is 0 Å². The number of hydrogen-bond acceptors (Lipinski definition) is 3. The van der Waals surface area contributed by atoms with Crippen LogP contribution in [0.3, 0.4) is 0 Å². The average Bonchev–Trinajstić information content (AvgIpc) is 2.47. The average molecular weight is 351 g/mol. The molecule has 0 aliphatic carbocycles. The van der Waals surface area contributed by atoms with Crippen LogP contribution >= 0.6 is 0 Å². The molecular weight excluding hydrogens is 315 g/mol. The Morgan fingerprint density at radius 2 is 1.09 bits per heavy atom. The molecule has 0 fully saturated rings. The van der Waals surface area contributed by atoms with Crippen molar-refractivity contribution in [3.05, 3.63) is 0 Å². The fraction of sp³-hybridized carbons (Fsp3) is 0.944. The van der Waals surface area contributed by atoms with Crippen LogP contribution < -0.4 is 5.11 Å². The van der Waals surface area contributed by atoms with Crippen LogP contribution in [0.2, 0.25) is 0 Å². The molecule has 23 heavy (non-hydrogen) atoms. The van der Waals surface area contributed by atoms with Crippen molar-refractivity contribution in [2.75, 3.05) is 0 Å². The van der Waals surface area contributed by atoms with Gasteiger partial charge in [-0.05, 0) is 6.42 Å². The van der Waals surface area contributed by atoms with Gasteiger partial charge in [0.25, 0.3) is 0 Å². The number of hydrogen-bond donors (Lipinski definition) is 1. The third-order valence-corrected chi connectivity index (χ3v) is 4.10. The largest absolute Gasteiger partial charge is 3.00 e. The number of aliphatic hydroxyl groups excluding tert-OH is 1. The molecule has 1 atom stereocenters. The van der Waals surface area contributed by atoms with Gasteiger partial charge in [-0.15, -0.1) is 0 Å². The molecule has 0 rings (SSSR count). The summed E-state index contributed by atoms with van der Waals surface area (Å²) in [5, 5.41) is 19.4. The fourth-order valence-corrected chi connectivity index (χ4v) is 2.65. The van der Waals surface area contributed by atoms with Gasteiger partial charge in [0.15, 0.2) is 0 Å². The van der Waals surface area contributed by atoms with E-state index < -0.39 is 12.1 Å². The Morgan fingerprint density at radius 3 is 1.39 bits per heavy atom. The summed E-state index contributed by atoms with van der Waals surface area (Å²) in [6, 6.07) is 0. The van der Waals surface area contributed by atoms with E-state index in [2.05, 4.69) is 6.92 Å². The van der Waals surface area contributed by atoms with Crippen molar-refractivity contribution < 1.29 is 15.0 Å². The van der Waals surface area contributed by atoms with Gasteiger partial charge in [-0.2, -0.15) is 0 Å². The van der Waals surface area contributed by atoms with Crippen LogP contribution in [0.4, 0.5) is 0 Å². The zero-order chi connectivity index (χ0) is 15.8. The molecule has 0 amide bonds. The molecule has 0 aromatic rings. The van der Waals surface area contributed by atoms with Crippen LogP contribution in [0, 0.1) is 0 Å². The molecule has 0 radical (unpaired) electrons. The maximum absolute atomic E-state index is 10.3. The summed E-state index contributed by atoms with van der Waals surface area (Å²) in [6.07, 6.45) is 16.9. The molecule has 3 nitrogen and oxygen atoms in total. The normalized spacial score (nSPS) is 11.4. The minimum absolute atomic E-state index is 0. The Balaban J connectivity index is -0.00000200. The third kappa shape index (κ3) is 22.7. The van der Waals surface area contributed by atoms with Gasteiger partial charge in [-0.25, -0.2) is 0 Å². The molecule has 0 saturated heterocycles. The molecule has 1 N–H and O–H groups in total. The van der Waals surface area contributed by atoms with E-state index in [9.17, 15) is 9.90 Å². The van der Waals surface area contributed by atoms with Crippen molar-refractivity contribution in [1.29, 1.82) is 0 Å². The summed E-state index contributed by atoms with van der Waals surface area (Å²) < 4.78 is 0. The van der Waals surface area contributed by atoms with E-state index >= 15 is 0 Å². The van der Waals surface area contributed by atoms with Gasteiger partial charge in [0, 0.05) is 0 Å². The maximum atomic E-state index is 10.3. The zero-order valence-corrected chi connectivity index (χ0v) is 17.8. The van der Waals surface area contributed by atoms with Crippen molar-refractivity contribution >= 4 is 46.4 Å². The SMILES string of the molecule is CCCCCCCCCCCCCCCCC(O)C(=O)[O-].[Al+3].[Mg+2]. The van der Waals surface area contributed by atoms with Crippen molar-refractivity contribution in [3.63, 3.8) is 0 Å². The number of aliphatic hydroxyl groups is 1. The monoisotopic (exact) mass is 350 g/mol. The van der Waals surface area contributed by atoms with Gasteiger partial charge in [-0.1, -0.05) is 96.8 Å². The van der Waals surface area contributed by atoms with E-state index in [0.717, 1.165) is 19.3 Å². The second-order valence-electron chi connectivity index (χ2n) is 6.22. The standard InChI is InChI=1S/C18H36O3.Al.Mg/c1-2-3-4-5-6-7-8-9-10-11-12-13-14-15-16-17(19)18(20)21;;/h17,19H,2-16H2,1H3,(H,20,21);;/q;+3;+2/p-1. The molecule has 0 saturated carbocycles. The molecule has 0 aromatic heterocycles. The number of carbonyl (C=O) groups excluding carboxylic acids is 1. The third-order valence-electron chi connectivity index (χ3n) is 4.10. The molecule has 0 heterocycles. The Hall–Kier alpha value is 0.729. The van der Waals surface area contributed by atoms with Crippen molar-refractivity contribution in [3.8, 4) is 0 Å². The number of carboxylic acid groups (broad SMARTS) is 1. The summed E-state index contributed by atoms with van der Waals surface area (Å²) in [5.74, 6) is -1.34. The first-order valence-electron chi connectivity index (χ1n) is 9.07. The topological polar surface area (TPSA) is 60.4 Å². The first kappa shape index (κ1) is 28.5. The van der Waals surface area contributed by atoms with Crippen LogP contribution in [0.1, 0.15) is 103 Å². The van der Waals surface area contributed by atoms with E-state index in [1.54, 1.807) is 0 Å². The summed E-state index contributed by atoms with van der Waals surface area (Å²) in [5.41, 5.74) is 0. The van der Waals surface area contributed by atoms with Gasteiger partial charge in [0.1, 0.15) is 0 Å². The van der Waals surface area contributed by atoms with Gasteiger partial charge >= 0.3 is 40.4 Å². The second-order valence-corrected chi connectivity index (χ2v) is 6.22. The predicted molar refractivity (Wildman–Crippen MR) is 97.5 cm³/mol. The van der Waals surface area contributed by atoms with Gasteiger partial charge < -0.3 is 15.0 Å². The summed E-state index contributed by atoms with van der Waals surface area (Å²) in [4.78, 5) is 10.3. The molecule has 0 aliphatic rings. The van der Waals surface area contributed by atoms with E-state index in [4.69, 9.17) is 5.11 Å². The van der Waals surface area contributed by atoms with Crippen molar-refractivity contribution in [2.24, 2.45) is 0 Å². The maximum Gasteiger partial charge on any atom is 3.00 e. The number of aliphatic carboxylic acids is 1. The fourth-order valence-electron chi connectivity index (χ4n) is 2.65. The number of carboxylic acids is 1. The molecule has 126 valence electrons. The number of unbranched alkanes of at least 4 members (excludes halogenated alkanes) is 13. The molecular formula is C18H35AlMgO3+4. The quantitative estimate of drug-likeness (QED) is 0.343. The summed E-state index contributed by atoms with van der Waals surface area (Å²) >= 11 is 0. The Labute approximate surface area is 170 Å². The van der Waals surface area contributed by atoms with Crippen LogP contribution in [0.25, 0.3) is 0 Å².